The molecule has 164 valence electrons. The van der Waals surface area contributed by atoms with E-state index in [-0.39, 0.29) is 17.6 Å². The van der Waals surface area contributed by atoms with E-state index in [1.165, 1.54) is 0 Å². The zero-order valence-electron chi connectivity index (χ0n) is 17.4. The molecule has 31 heavy (non-hydrogen) atoms. The molecule has 7 nitrogen and oxygen atoms in total. The summed E-state index contributed by atoms with van der Waals surface area (Å²) in [5.41, 5.74) is 3.11. The van der Waals surface area contributed by atoms with Gasteiger partial charge in [0.15, 0.2) is 11.7 Å². The fraction of sp³-hybridized carbons (Fsp3) is 0.318. The van der Waals surface area contributed by atoms with E-state index < -0.39 is 5.91 Å². The van der Waals surface area contributed by atoms with Crippen LogP contribution in [0.3, 0.4) is 0 Å². The van der Waals surface area contributed by atoms with Crippen molar-refractivity contribution in [2.45, 2.75) is 13.8 Å². The molecule has 0 saturated carbocycles. The van der Waals surface area contributed by atoms with Crippen molar-refractivity contribution >= 4 is 46.4 Å². The lowest BCUT2D eigenvalue weighted by atomic mass is 10.1. The number of anilines is 1. The zero-order chi connectivity index (χ0) is 22.4. The first-order valence-corrected chi connectivity index (χ1v) is 10.6. The second-order valence-electron chi connectivity index (χ2n) is 7.17. The number of carbonyl (C=O) groups is 2. The van der Waals surface area contributed by atoms with Crippen molar-refractivity contribution in [3.05, 3.63) is 58.1 Å². The maximum absolute atomic E-state index is 12.5. The Morgan fingerprint density at radius 3 is 2.48 bits per heavy atom. The maximum Gasteiger partial charge on any atom is 0.264 e. The van der Waals surface area contributed by atoms with Crippen LogP contribution in [0.2, 0.25) is 5.02 Å². The van der Waals surface area contributed by atoms with Crippen LogP contribution in [0.25, 0.3) is 0 Å². The van der Waals surface area contributed by atoms with E-state index in [2.05, 4.69) is 10.6 Å². The first-order valence-electron chi connectivity index (χ1n) is 9.81. The lowest BCUT2D eigenvalue weighted by Crippen LogP contribution is -2.40. The molecule has 2 amide bonds. The molecule has 1 saturated heterocycles. The summed E-state index contributed by atoms with van der Waals surface area (Å²) < 4.78 is 10.8. The van der Waals surface area contributed by atoms with Gasteiger partial charge in [-0.1, -0.05) is 17.7 Å². The van der Waals surface area contributed by atoms with Crippen molar-refractivity contribution in [2.24, 2.45) is 0 Å². The van der Waals surface area contributed by atoms with E-state index in [4.69, 9.17) is 33.3 Å². The van der Waals surface area contributed by atoms with Crippen LogP contribution in [0.1, 0.15) is 21.5 Å². The summed E-state index contributed by atoms with van der Waals surface area (Å²) in [7, 11) is 0. The van der Waals surface area contributed by atoms with E-state index >= 15 is 0 Å². The van der Waals surface area contributed by atoms with Crippen LogP contribution in [0.15, 0.2) is 36.4 Å². The van der Waals surface area contributed by atoms with E-state index in [0.717, 1.165) is 11.1 Å². The fourth-order valence-corrected chi connectivity index (χ4v) is 3.80. The second kappa shape index (κ2) is 10.6. The standard InChI is InChI=1S/C22H24ClN3O4S/c1-14-11-15(2)20(18(23)12-14)30-13-19(27)25-22(31)24-17-5-3-16(4-6-17)21(28)26-7-9-29-10-8-26/h3-6,11-12H,7-10,13H2,1-2H3,(H2,24,25,27,31). The molecule has 0 spiro atoms. The first-order chi connectivity index (χ1) is 14.8. The molecule has 2 aromatic rings. The Bertz CT molecular complexity index is 952. The molecule has 0 radical (unpaired) electrons. The number of thiocarbonyl (C=S) groups is 1. The summed E-state index contributed by atoms with van der Waals surface area (Å²) in [4.78, 5) is 26.4. The van der Waals surface area contributed by atoms with Gasteiger partial charge in [0.05, 0.1) is 18.2 Å². The van der Waals surface area contributed by atoms with Crippen molar-refractivity contribution in [1.29, 1.82) is 0 Å². The van der Waals surface area contributed by atoms with Gasteiger partial charge in [-0.25, -0.2) is 0 Å². The summed E-state index contributed by atoms with van der Waals surface area (Å²) in [6.07, 6.45) is 0. The molecule has 9 heteroatoms. The van der Waals surface area contributed by atoms with Crippen LogP contribution >= 0.6 is 23.8 Å². The lowest BCUT2D eigenvalue weighted by Gasteiger charge is -2.26. The van der Waals surface area contributed by atoms with Gasteiger partial charge in [-0.2, -0.15) is 0 Å². The van der Waals surface area contributed by atoms with Crippen molar-refractivity contribution in [3.63, 3.8) is 0 Å². The number of nitrogens with one attached hydrogen (secondary N) is 2. The summed E-state index contributed by atoms with van der Waals surface area (Å²) in [6, 6.07) is 10.6. The Morgan fingerprint density at radius 1 is 1.16 bits per heavy atom. The Morgan fingerprint density at radius 2 is 1.84 bits per heavy atom. The maximum atomic E-state index is 12.5. The summed E-state index contributed by atoms with van der Waals surface area (Å²) >= 11 is 11.4. The number of amides is 2. The van der Waals surface area contributed by atoms with Crippen LogP contribution in [0, 0.1) is 13.8 Å². The molecule has 2 aromatic carbocycles. The minimum absolute atomic E-state index is 0.0343. The molecular formula is C22H24ClN3O4S. The van der Waals surface area contributed by atoms with E-state index in [1.807, 2.05) is 19.9 Å². The van der Waals surface area contributed by atoms with Gasteiger partial charge in [-0.3, -0.25) is 14.9 Å². The SMILES string of the molecule is Cc1cc(C)c(OCC(=O)NC(=S)Nc2ccc(C(=O)N3CCOCC3)cc2)c(Cl)c1. The Balaban J connectivity index is 1.49. The summed E-state index contributed by atoms with van der Waals surface area (Å²) in [5, 5.41) is 6.07. The molecular weight excluding hydrogens is 438 g/mol. The van der Waals surface area contributed by atoms with Crippen LogP contribution in [-0.4, -0.2) is 54.7 Å². The van der Waals surface area contributed by atoms with Gasteiger partial charge in [0, 0.05) is 24.3 Å². The van der Waals surface area contributed by atoms with E-state index in [0.29, 0.717) is 48.3 Å². The average molecular weight is 462 g/mol. The van der Waals surface area contributed by atoms with Gasteiger partial charge < -0.3 is 19.7 Å². The molecule has 1 heterocycles. The van der Waals surface area contributed by atoms with Gasteiger partial charge >= 0.3 is 0 Å². The van der Waals surface area contributed by atoms with Crippen LogP contribution in [-0.2, 0) is 9.53 Å². The predicted octanol–water partition coefficient (Wildman–Crippen LogP) is 3.32. The van der Waals surface area contributed by atoms with Gasteiger partial charge in [0.1, 0.15) is 5.75 Å². The van der Waals surface area contributed by atoms with Crippen molar-refractivity contribution in [2.75, 3.05) is 38.2 Å². The van der Waals surface area contributed by atoms with Gasteiger partial charge in [-0.05, 0) is 67.5 Å². The number of aryl methyl sites for hydroxylation is 2. The Hall–Kier alpha value is -2.68. The van der Waals surface area contributed by atoms with Crippen molar-refractivity contribution < 1.29 is 19.1 Å². The fourth-order valence-electron chi connectivity index (χ4n) is 3.19. The zero-order valence-corrected chi connectivity index (χ0v) is 18.9. The van der Waals surface area contributed by atoms with E-state index in [1.54, 1.807) is 35.2 Å². The number of hydrogen-bond donors (Lipinski definition) is 2. The smallest absolute Gasteiger partial charge is 0.264 e. The molecule has 1 fully saturated rings. The monoisotopic (exact) mass is 461 g/mol. The third-order valence-corrected chi connectivity index (χ3v) is 5.15. The highest BCUT2D eigenvalue weighted by Crippen LogP contribution is 2.29. The molecule has 3 rings (SSSR count). The molecule has 0 aliphatic carbocycles. The number of nitrogens with zero attached hydrogens (tertiary/aromatic N) is 1. The van der Waals surface area contributed by atoms with Crippen LogP contribution < -0.4 is 15.4 Å². The minimum atomic E-state index is -0.410. The van der Waals surface area contributed by atoms with Crippen molar-refractivity contribution in [1.82, 2.24) is 10.2 Å². The average Bonchev–Trinajstić information content (AvgIpc) is 2.73. The lowest BCUT2D eigenvalue weighted by molar-refractivity contribution is -0.121. The molecule has 0 unspecified atom stereocenters. The molecule has 0 atom stereocenters. The molecule has 0 aromatic heterocycles. The quantitative estimate of drug-likeness (QED) is 0.665. The second-order valence-corrected chi connectivity index (χ2v) is 7.98. The van der Waals surface area contributed by atoms with Gasteiger partial charge in [0.2, 0.25) is 0 Å². The van der Waals surface area contributed by atoms with Crippen molar-refractivity contribution in [3.8, 4) is 5.75 Å². The Kier molecular flexibility index (Phi) is 7.84. The number of morpholine rings is 1. The van der Waals surface area contributed by atoms with Gasteiger partial charge in [-0.15, -0.1) is 0 Å². The topological polar surface area (TPSA) is 79.9 Å². The molecule has 0 bridgehead atoms. The number of benzene rings is 2. The van der Waals surface area contributed by atoms with Gasteiger partial charge in [0.25, 0.3) is 11.8 Å². The highest BCUT2D eigenvalue weighted by atomic mass is 35.5. The summed E-state index contributed by atoms with van der Waals surface area (Å²) in [5.74, 6) is 0.0300. The number of hydrogen-bond acceptors (Lipinski definition) is 5. The first kappa shape index (κ1) is 23.0. The minimum Gasteiger partial charge on any atom is -0.482 e. The third kappa shape index (κ3) is 6.40. The molecule has 1 aliphatic heterocycles. The normalized spacial score (nSPS) is 13.5. The molecule has 1 aliphatic rings. The largest absolute Gasteiger partial charge is 0.482 e. The predicted molar refractivity (Wildman–Crippen MR) is 124 cm³/mol. The van der Waals surface area contributed by atoms with E-state index in [9.17, 15) is 9.59 Å². The summed E-state index contributed by atoms with van der Waals surface area (Å²) in [6.45, 7) is 5.86. The third-order valence-electron chi connectivity index (χ3n) is 4.66. The number of carbonyl (C=O) groups excluding carboxylic acids is 2. The number of halogens is 1. The Labute approximate surface area is 191 Å². The number of ether oxygens (including phenoxy) is 2. The highest BCUT2D eigenvalue weighted by Gasteiger charge is 2.18. The van der Waals surface area contributed by atoms with Crippen LogP contribution in [0.4, 0.5) is 5.69 Å². The van der Waals surface area contributed by atoms with Crippen LogP contribution in [0.5, 0.6) is 5.75 Å². The number of rotatable bonds is 5. The molecule has 2 N–H and O–H groups in total. The highest BCUT2D eigenvalue weighted by molar-refractivity contribution is 7.80.